The Balaban J connectivity index is 1.82. The summed E-state index contributed by atoms with van der Waals surface area (Å²) in [6, 6.07) is 8.67. The Morgan fingerprint density at radius 1 is 1.35 bits per heavy atom. The van der Waals surface area contributed by atoms with E-state index in [9.17, 15) is 4.21 Å². The molecule has 0 aliphatic rings. The first kappa shape index (κ1) is 16.1. The average Bonchev–Trinajstić information content (AvgIpc) is 3.15. The van der Waals surface area contributed by atoms with Crippen LogP contribution in [0.25, 0.3) is 22.2 Å². The molecule has 1 aromatic carbocycles. The Morgan fingerprint density at radius 2 is 2.09 bits per heavy atom. The van der Waals surface area contributed by atoms with E-state index in [1.807, 2.05) is 5.38 Å². The molecule has 2 heterocycles. The van der Waals surface area contributed by atoms with Gasteiger partial charge in [-0.3, -0.25) is 4.55 Å². The van der Waals surface area contributed by atoms with Crippen molar-refractivity contribution in [1.29, 1.82) is 0 Å². The van der Waals surface area contributed by atoms with E-state index in [1.165, 1.54) is 23.4 Å². The van der Waals surface area contributed by atoms with Gasteiger partial charge >= 0.3 is 11.4 Å². The summed E-state index contributed by atoms with van der Waals surface area (Å²) >= 11 is 5.09. The maximum Gasteiger partial charge on any atom is 0.325 e. The van der Waals surface area contributed by atoms with Crippen molar-refractivity contribution in [1.82, 2.24) is 10.1 Å². The monoisotopic (exact) mass is 371 g/mol. The van der Waals surface area contributed by atoms with Gasteiger partial charge in [0, 0.05) is 12.6 Å². The topological polar surface area (TPSA) is 88.7 Å². The molecule has 0 spiro atoms. The van der Waals surface area contributed by atoms with Crippen LogP contribution in [0.2, 0.25) is 5.02 Å². The Bertz CT molecular complexity index is 834. The molecule has 1 atom stereocenters. The Labute approximate surface area is 142 Å². The highest BCUT2D eigenvalue weighted by Crippen LogP contribution is 2.33. The first-order chi connectivity index (χ1) is 11.0. The van der Waals surface area contributed by atoms with Crippen LogP contribution in [0.1, 0.15) is 0 Å². The van der Waals surface area contributed by atoms with Crippen LogP contribution in [-0.2, 0) is 15.6 Å². The van der Waals surface area contributed by atoms with Gasteiger partial charge in [-0.05, 0) is 35.7 Å². The van der Waals surface area contributed by atoms with Crippen molar-refractivity contribution >= 4 is 40.0 Å². The second kappa shape index (κ2) is 6.77. The zero-order chi connectivity index (χ0) is 16.4. The fraction of sp³-hybridized carbons (Fsp3) is 0.0769. The van der Waals surface area contributed by atoms with E-state index >= 15 is 0 Å². The molecular formula is C13H10ClN3O4S2. The van der Waals surface area contributed by atoms with Gasteiger partial charge in [-0.25, -0.2) is 5.06 Å². The van der Waals surface area contributed by atoms with Crippen LogP contribution in [0, 0.1) is 0 Å². The van der Waals surface area contributed by atoms with Crippen molar-refractivity contribution in [3.8, 4) is 22.2 Å². The van der Waals surface area contributed by atoms with Crippen molar-refractivity contribution < 1.29 is 17.6 Å². The highest BCUT2D eigenvalue weighted by Gasteiger charge is 2.15. The number of thiophene rings is 1. The van der Waals surface area contributed by atoms with Crippen molar-refractivity contribution in [3.05, 3.63) is 40.7 Å². The lowest BCUT2D eigenvalue weighted by Crippen LogP contribution is -2.18. The Morgan fingerprint density at radius 3 is 2.70 bits per heavy atom. The molecule has 2 aromatic heterocycles. The molecule has 120 valence electrons. The number of aromatic nitrogens is 2. The minimum absolute atomic E-state index is 0.361. The lowest BCUT2D eigenvalue weighted by Gasteiger charge is -2.14. The molecule has 3 aromatic rings. The van der Waals surface area contributed by atoms with Crippen LogP contribution >= 0.6 is 22.9 Å². The van der Waals surface area contributed by atoms with E-state index in [2.05, 4.69) is 14.4 Å². The van der Waals surface area contributed by atoms with Crippen molar-refractivity contribution in [2.24, 2.45) is 0 Å². The first-order valence-electron chi connectivity index (χ1n) is 6.25. The van der Waals surface area contributed by atoms with E-state index in [0.29, 0.717) is 22.4 Å². The summed E-state index contributed by atoms with van der Waals surface area (Å²) in [7, 11) is 1.52. The van der Waals surface area contributed by atoms with E-state index in [0.717, 1.165) is 10.4 Å². The minimum atomic E-state index is -2.38. The molecular weight excluding hydrogens is 362 g/mol. The second-order valence-electron chi connectivity index (χ2n) is 4.36. The van der Waals surface area contributed by atoms with Crippen LogP contribution in [0.3, 0.4) is 0 Å². The van der Waals surface area contributed by atoms with Gasteiger partial charge in [0.25, 0.3) is 5.89 Å². The normalized spacial score (nSPS) is 12.3. The Hall–Kier alpha value is -1.78. The lowest BCUT2D eigenvalue weighted by molar-refractivity contribution is 0.295. The molecule has 0 bridgehead atoms. The van der Waals surface area contributed by atoms with Gasteiger partial charge in [0.15, 0.2) is 0 Å². The molecule has 23 heavy (non-hydrogen) atoms. The summed E-state index contributed by atoms with van der Waals surface area (Å²) in [5.74, 6) is 0.783. The van der Waals surface area contributed by atoms with Crippen molar-refractivity contribution in [2.75, 3.05) is 12.1 Å². The molecule has 0 aliphatic carbocycles. The van der Waals surface area contributed by atoms with E-state index in [-0.39, 0.29) is 0 Å². The number of rotatable bonds is 5. The quantitative estimate of drug-likeness (QED) is 0.541. The summed E-state index contributed by atoms with van der Waals surface area (Å²) in [5, 5.41) is 7.53. The maximum atomic E-state index is 10.6. The van der Waals surface area contributed by atoms with Crippen LogP contribution in [0.15, 0.2) is 40.2 Å². The standard InChI is InChI=1S/C13H10ClN3O4S2/c1-17(21-23(18)19)9-4-2-8(3-5-9)12-15-13(20-16-12)11-10(14)6-7-22-11/h2-7H,1H3,(H,18,19). The number of hydroxylamine groups is 1. The third-order valence-corrected chi connectivity index (χ3v) is 4.58. The molecule has 0 radical (unpaired) electrons. The third-order valence-electron chi connectivity index (χ3n) is 2.90. The molecule has 0 saturated carbocycles. The summed E-state index contributed by atoms with van der Waals surface area (Å²) in [5.41, 5.74) is 1.33. The molecule has 3 rings (SSSR count). The number of halogens is 1. The smallest absolute Gasteiger partial charge is 0.325 e. The first-order valence-corrected chi connectivity index (χ1v) is 8.54. The molecule has 7 nitrogen and oxygen atoms in total. The zero-order valence-electron chi connectivity index (χ0n) is 11.7. The van der Waals surface area contributed by atoms with Gasteiger partial charge in [-0.1, -0.05) is 16.8 Å². The summed E-state index contributed by atoms with van der Waals surface area (Å²) < 4.78 is 29.2. The van der Waals surface area contributed by atoms with Crippen LogP contribution in [0.4, 0.5) is 5.69 Å². The number of anilines is 1. The van der Waals surface area contributed by atoms with Crippen molar-refractivity contribution in [2.45, 2.75) is 0 Å². The highest BCUT2D eigenvalue weighted by atomic mass is 35.5. The predicted molar refractivity (Wildman–Crippen MR) is 88.3 cm³/mol. The third kappa shape index (κ3) is 3.59. The number of hydrogen-bond donors (Lipinski definition) is 1. The molecule has 0 fully saturated rings. The summed E-state index contributed by atoms with van der Waals surface area (Å²) in [6.45, 7) is 0. The molecule has 1 N–H and O–H groups in total. The number of nitrogens with zero attached hydrogens (tertiary/aromatic N) is 3. The fourth-order valence-corrected chi connectivity index (χ4v) is 3.17. The van der Waals surface area contributed by atoms with Gasteiger partial charge in [0.05, 0.1) is 10.7 Å². The van der Waals surface area contributed by atoms with E-state index in [4.69, 9.17) is 20.7 Å². The second-order valence-corrected chi connectivity index (χ2v) is 6.26. The molecule has 0 aliphatic heterocycles. The number of hydrogen-bond acceptors (Lipinski definition) is 7. The largest absolute Gasteiger partial charge is 0.333 e. The average molecular weight is 372 g/mol. The maximum absolute atomic E-state index is 10.6. The molecule has 10 heteroatoms. The van der Waals surface area contributed by atoms with Gasteiger partial charge in [-0.15, -0.1) is 15.6 Å². The number of benzene rings is 1. The zero-order valence-corrected chi connectivity index (χ0v) is 14.1. The highest BCUT2D eigenvalue weighted by molar-refractivity contribution is 7.74. The Kier molecular flexibility index (Phi) is 4.74. The van der Waals surface area contributed by atoms with Gasteiger partial charge in [0.1, 0.15) is 4.88 Å². The summed E-state index contributed by atoms with van der Waals surface area (Å²) in [6.07, 6.45) is 0. The van der Waals surface area contributed by atoms with Crippen LogP contribution in [0.5, 0.6) is 0 Å². The minimum Gasteiger partial charge on any atom is -0.333 e. The predicted octanol–water partition coefficient (Wildman–Crippen LogP) is 3.62. The lowest BCUT2D eigenvalue weighted by atomic mass is 10.2. The van der Waals surface area contributed by atoms with Crippen LogP contribution < -0.4 is 5.06 Å². The fourth-order valence-electron chi connectivity index (χ4n) is 1.84. The molecule has 0 amide bonds. The van der Waals surface area contributed by atoms with Gasteiger partial charge in [-0.2, -0.15) is 9.19 Å². The summed E-state index contributed by atoms with van der Waals surface area (Å²) in [4.78, 5) is 5.04. The molecule has 0 saturated heterocycles. The van der Waals surface area contributed by atoms with E-state index < -0.39 is 11.4 Å². The van der Waals surface area contributed by atoms with Gasteiger partial charge < -0.3 is 4.52 Å². The van der Waals surface area contributed by atoms with E-state index in [1.54, 1.807) is 30.3 Å². The van der Waals surface area contributed by atoms with Crippen molar-refractivity contribution in [3.63, 3.8) is 0 Å². The SMILES string of the molecule is CN(OS(=O)O)c1ccc(-c2noc(-c3sccc3Cl)n2)cc1. The molecule has 1 unspecified atom stereocenters. The van der Waals surface area contributed by atoms with Gasteiger partial charge in [0.2, 0.25) is 5.82 Å². The van der Waals surface area contributed by atoms with Crippen LogP contribution in [-0.4, -0.2) is 25.9 Å².